The summed E-state index contributed by atoms with van der Waals surface area (Å²) in [6.45, 7) is 6.40. The van der Waals surface area contributed by atoms with Crippen molar-refractivity contribution in [1.82, 2.24) is 23.3 Å². The van der Waals surface area contributed by atoms with Crippen molar-refractivity contribution < 1.29 is 9.53 Å². The molecule has 9 nitrogen and oxygen atoms in total. The Labute approximate surface area is 161 Å². The van der Waals surface area contributed by atoms with Crippen LogP contribution >= 0.6 is 0 Å². The predicted molar refractivity (Wildman–Crippen MR) is 105 cm³/mol. The number of nitrogens with zero attached hydrogens (tertiary/aromatic N) is 5. The van der Waals surface area contributed by atoms with E-state index < -0.39 is 11.2 Å². The second kappa shape index (κ2) is 7.23. The van der Waals surface area contributed by atoms with E-state index in [-0.39, 0.29) is 29.5 Å². The fourth-order valence-electron chi connectivity index (χ4n) is 3.81. The summed E-state index contributed by atoms with van der Waals surface area (Å²) in [6.07, 6.45) is 1.43. The second-order valence-corrected chi connectivity index (χ2v) is 7.13. The minimum atomic E-state index is -0.470. The number of aryl methyl sites for hydroxylation is 2. The number of rotatable bonds is 6. The molecule has 9 heteroatoms. The van der Waals surface area contributed by atoms with E-state index in [0.717, 1.165) is 16.0 Å². The summed E-state index contributed by atoms with van der Waals surface area (Å²) in [5, 5.41) is 0. The van der Waals surface area contributed by atoms with Crippen molar-refractivity contribution in [3.8, 4) is 0 Å². The zero-order valence-corrected chi connectivity index (χ0v) is 17.0. The van der Waals surface area contributed by atoms with E-state index in [1.165, 1.54) is 22.5 Å². The lowest BCUT2D eigenvalue weighted by atomic mass is 10.1. The Balaban J connectivity index is 2.03. The van der Waals surface area contributed by atoms with Gasteiger partial charge in [0, 0.05) is 38.2 Å². The van der Waals surface area contributed by atoms with Gasteiger partial charge < -0.3 is 13.9 Å². The van der Waals surface area contributed by atoms with E-state index in [4.69, 9.17) is 4.74 Å². The molecule has 3 rings (SSSR count). The highest BCUT2D eigenvalue weighted by Gasteiger charge is 2.21. The van der Waals surface area contributed by atoms with Crippen LogP contribution in [0.1, 0.15) is 34.7 Å². The van der Waals surface area contributed by atoms with Gasteiger partial charge >= 0.3 is 5.69 Å². The molecule has 0 amide bonds. The molecule has 0 N–H and O–H groups in total. The van der Waals surface area contributed by atoms with Gasteiger partial charge in [-0.2, -0.15) is 0 Å². The molecule has 3 aromatic heterocycles. The van der Waals surface area contributed by atoms with Crippen molar-refractivity contribution in [2.24, 2.45) is 14.1 Å². The van der Waals surface area contributed by atoms with Crippen LogP contribution < -0.4 is 11.2 Å². The van der Waals surface area contributed by atoms with Gasteiger partial charge in [-0.05, 0) is 26.8 Å². The molecule has 0 aliphatic carbocycles. The van der Waals surface area contributed by atoms with Crippen LogP contribution in [0.2, 0.25) is 0 Å². The molecule has 0 fully saturated rings. The summed E-state index contributed by atoms with van der Waals surface area (Å²) < 4.78 is 11.1. The van der Waals surface area contributed by atoms with Gasteiger partial charge in [0.2, 0.25) is 0 Å². The summed E-state index contributed by atoms with van der Waals surface area (Å²) in [5.74, 6) is -0.126. The zero-order chi connectivity index (χ0) is 20.7. The fraction of sp³-hybridized carbons (Fsp3) is 0.474. The molecule has 0 aliphatic heterocycles. The van der Waals surface area contributed by atoms with Gasteiger partial charge in [-0.15, -0.1) is 0 Å². The van der Waals surface area contributed by atoms with Gasteiger partial charge in [0.05, 0.1) is 25.5 Å². The first kappa shape index (κ1) is 19.8. The third-order valence-corrected chi connectivity index (χ3v) is 5.16. The molecule has 0 saturated heterocycles. The molecule has 1 atom stereocenters. The standard InChI is InChI=1S/C19H25N5O4/c1-11-7-14(13(3)24(11)12(2)9-28-6)15(25)8-23-10-20-17-16(23)18(26)22(5)19(27)21(17)4/h7,10,12H,8-9H2,1-6H3/t12-/m0/s1. The Bertz CT molecular complexity index is 1180. The van der Waals surface area contributed by atoms with Crippen LogP contribution in [0.25, 0.3) is 11.2 Å². The molecule has 0 unspecified atom stereocenters. The first-order valence-electron chi connectivity index (χ1n) is 9.00. The molecule has 3 aromatic rings. The second-order valence-electron chi connectivity index (χ2n) is 7.13. The van der Waals surface area contributed by atoms with Crippen molar-refractivity contribution in [2.75, 3.05) is 13.7 Å². The number of hydrogen-bond donors (Lipinski definition) is 0. The predicted octanol–water partition coefficient (Wildman–Crippen LogP) is 0.942. The fourth-order valence-corrected chi connectivity index (χ4v) is 3.81. The molecule has 0 saturated carbocycles. The van der Waals surface area contributed by atoms with Crippen LogP contribution in [0.5, 0.6) is 0 Å². The molecule has 0 aliphatic rings. The highest BCUT2D eigenvalue weighted by molar-refractivity contribution is 5.98. The molecule has 3 heterocycles. The molecule has 0 spiro atoms. The summed E-state index contributed by atoms with van der Waals surface area (Å²) >= 11 is 0. The summed E-state index contributed by atoms with van der Waals surface area (Å²) in [7, 11) is 4.61. The minimum Gasteiger partial charge on any atom is -0.383 e. The van der Waals surface area contributed by atoms with E-state index in [9.17, 15) is 14.4 Å². The van der Waals surface area contributed by atoms with E-state index in [2.05, 4.69) is 9.55 Å². The third-order valence-electron chi connectivity index (χ3n) is 5.16. The summed E-state index contributed by atoms with van der Waals surface area (Å²) in [6, 6.07) is 1.96. The Hall–Kier alpha value is -2.94. The van der Waals surface area contributed by atoms with Crippen LogP contribution in [0, 0.1) is 13.8 Å². The smallest absolute Gasteiger partial charge is 0.332 e. The normalized spacial score (nSPS) is 12.6. The maximum Gasteiger partial charge on any atom is 0.332 e. The largest absolute Gasteiger partial charge is 0.383 e. The Morgan fingerprint density at radius 3 is 2.54 bits per heavy atom. The molecule has 0 aromatic carbocycles. The molecule has 0 bridgehead atoms. The number of ketones is 1. The van der Waals surface area contributed by atoms with E-state index in [0.29, 0.717) is 12.2 Å². The summed E-state index contributed by atoms with van der Waals surface area (Å²) in [5.41, 5.74) is 2.01. The Morgan fingerprint density at radius 1 is 1.21 bits per heavy atom. The lowest BCUT2D eigenvalue weighted by Crippen LogP contribution is -2.37. The van der Waals surface area contributed by atoms with Gasteiger partial charge in [-0.25, -0.2) is 9.78 Å². The number of carbonyl (C=O) groups excluding carboxylic acids is 1. The van der Waals surface area contributed by atoms with Crippen molar-refractivity contribution in [3.63, 3.8) is 0 Å². The molecule has 150 valence electrons. The van der Waals surface area contributed by atoms with Crippen molar-refractivity contribution >= 4 is 16.9 Å². The van der Waals surface area contributed by atoms with Crippen LogP contribution in [-0.4, -0.2) is 42.8 Å². The average molecular weight is 387 g/mol. The molecular formula is C19H25N5O4. The number of Topliss-reactive ketones (excluding diaryl/α,β-unsaturated/α-hetero) is 1. The topological polar surface area (TPSA) is 93.1 Å². The maximum atomic E-state index is 13.0. The third kappa shape index (κ3) is 3.01. The quantitative estimate of drug-likeness (QED) is 0.587. The molecule has 0 radical (unpaired) electrons. The van der Waals surface area contributed by atoms with E-state index in [1.54, 1.807) is 14.2 Å². The summed E-state index contributed by atoms with van der Waals surface area (Å²) in [4.78, 5) is 41.8. The van der Waals surface area contributed by atoms with Gasteiger partial charge in [0.15, 0.2) is 16.9 Å². The van der Waals surface area contributed by atoms with Gasteiger partial charge in [0.25, 0.3) is 5.56 Å². The molecular weight excluding hydrogens is 362 g/mol. The zero-order valence-electron chi connectivity index (χ0n) is 17.0. The van der Waals surface area contributed by atoms with Gasteiger partial charge in [0.1, 0.15) is 0 Å². The SMILES string of the molecule is COC[C@H](C)n1c(C)cc(C(=O)Cn2cnc3c2c(=O)n(C)c(=O)n3C)c1C. The minimum absolute atomic E-state index is 0.0348. The highest BCUT2D eigenvalue weighted by Crippen LogP contribution is 2.22. The first-order chi connectivity index (χ1) is 13.2. The number of hydrogen-bond acceptors (Lipinski definition) is 5. The lowest BCUT2D eigenvalue weighted by molar-refractivity contribution is 0.0972. The number of methoxy groups -OCH3 is 1. The average Bonchev–Trinajstić information content (AvgIpc) is 3.19. The number of ether oxygens (including phenoxy) is 1. The van der Waals surface area contributed by atoms with Crippen molar-refractivity contribution in [3.05, 3.63) is 50.2 Å². The van der Waals surface area contributed by atoms with Crippen molar-refractivity contribution in [2.45, 2.75) is 33.4 Å². The number of fused-ring (bicyclic) bond motifs is 1. The highest BCUT2D eigenvalue weighted by atomic mass is 16.5. The number of carbonyl (C=O) groups is 1. The van der Waals surface area contributed by atoms with Crippen LogP contribution in [0.3, 0.4) is 0 Å². The molecule has 28 heavy (non-hydrogen) atoms. The van der Waals surface area contributed by atoms with Gasteiger partial charge in [-0.1, -0.05) is 0 Å². The first-order valence-corrected chi connectivity index (χ1v) is 9.00. The lowest BCUT2D eigenvalue weighted by Gasteiger charge is -2.17. The van der Waals surface area contributed by atoms with Crippen molar-refractivity contribution in [1.29, 1.82) is 0 Å². The van der Waals surface area contributed by atoms with E-state index >= 15 is 0 Å². The maximum absolute atomic E-state index is 13.0. The number of aromatic nitrogens is 5. The van der Waals surface area contributed by atoms with Crippen LogP contribution in [-0.2, 0) is 25.4 Å². The van der Waals surface area contributed by atoms with Crippen LogP contribution in [0.15, 0.2) is 22.0 Å². The monoisotopic (exact) mass is 387 g/mol. The van der Waals surface area contributed by atoms with E-state index in [1.807, 2.05) is 26.8 Å². The van der Waals surface area contributed by atoms with Gasteiger partial charge in [-0.3, -0.25) is 18.7 Å². The Kier molecular flexibility index (Phi) is 5.12. The van der Waals surface area contributed by atoms with Crippen LogP contribution in [0.4, 0.5) is 0 Å². The number of imidazole rings is 1. The Morgan fingerprint density at radius 2 is 1.89 bits per heavy atom.